The Morgan fingerprint density at radius 3 is 2.71 bits per heavy atom. The minimum Gasteiger partial charge on any atom is -0.494 e. The van der Waals surface area contributed by atoms with Gasteiger partial charge in [0.05, 0.1) is 6.61 Å². The molecule has 28 heavy (non-hydrogen) atoms. The van der Waals surface area contributed by atoms with Crippen LogP contribution in [-0.4, -0.2) is 49.7 Å². The Balaban J connectivity index is 1.30. The average molecular weight is 385 g/mol. The Bertz CT molecular complexity index is 750. The molecule has 0 bridgehead atoms. The van der Waals surface area contributed by atoms with Crippen LogP contribution in [0.3, 0.4) is 0 Å². The molecule has 5 atom stereocenters. The van der Waals surface area contributed by atoms with Gasteiger partial charge in [0.1, 0.15) is 17.6 Å². The smallest absolute Gasteiger partial charge is 0.226 e. The van der Waals surface area contributed by atoms with Crippen molar-refractivity contribution in [3.05, 3.63) is 23.3 Å². The van der Waals surface area contributed by atoms with E-state index in [1.807, 2.05) is 6.92 Å². The lowest BCUT2D eigenvalue weighted by molar-refractivity contribution is -0.132. The van der Waals surface area contributed by atoms with Crippen LogP contribution in [0.1, 0.15) is 50.2 Å². The van der Waals surface area contributed by atoms with Gasteiger partial charge in [-0.15, -0.1) is 0 Å². The molecule has 5 nitrogen and oxygen atoms in total. The number of carbonyl (C=O) groups excluding carboxylic acids is 1. The van der Waals surface area contributed by atoms with Gasteiger partial charge in [-0.25, -0.2) is 0 Å². The number of nitrogens with zero attached hydrogens (tertiary/aromatic N) is 1. The van der Waals surface area contributed by atoms with E-state index in [1.165, 1.54) is 11.1 Å². The van der Waals surface area contributed by atoms with E-state index >= 15 is 0 Å². The monoisotopic (exact) mass is 384 g/mol. The van der Waals surface area contributed by atoms with Gasteiger partial charge in [0.15, 0.2) is 0 Å². The number of amides is 1. The van der Waals surface area contributed by atoms with Crippen molar-refractivity contribution >= 4 is 5.91 Å². The number of rotatable bonds is 4. The number of hydrogen-bond acceptors (Lipinski definition) is 4. The van der Waals surface area contributed by atoms with Crippen LogP contribution < -0.4 is 14.8 Å². The van der Waals surface area contributed by atoms with Crippen molar-refractivity contribution < 1.29 is 14.3 Å². The Morgan fingerprint density at radius 2 is 2.00 bits per heavy atom. The van der Waals surface area contributed by atoms with Crippen LogP contribution in [-0.2, 0) is 11.2 Å². The van der Waals surface area contributed by atoms with E-state index in [0.717, 1.165) is 75.2 Å². The van der Waals surface area contributed by atoms with Crippen molar-refractivity contribution in [2.24, 2.45) is 17.8 Å². The molecule has 4 aliphatic rings. The number of nitrogens with one attached hydrogen (secondary N) is 1. The minimum atomic E-state index is 0.118. The first-order valence-corrected chi connectivity index (χ1v) is 11.1. The van der Waals surface area contributed by atoms with E-state index in [1.54, 1.807) is 0 Å². The number of fused-ring (bicyclic) bond motifs is 2. The molecule has 1 amide bonds. The number of carbonyl (C=O) groups is 1. The standard InChI is InChI=1S/C23H32N2O3/c1-3-27-22-9-17-8-14(2)28-21(17)11-19(22)18-10-20(18)23(26)25-6-4-15-12-24-13-16(15)5-7-25/h9,11,14-16,18,20,24H,3-8,10,12-13H2,1-2H3/t14?,15-,16+,18?,20?. The maximum absolute atomic E-state index is 13.2. The average Bonchev–Trinajstić information content (AvgIpc) is 3.28. The second kappa shape index (κ2) is 7.25. The van der Waals surface area contributed by atoms with Gasteiger partial charge >= 0.3 is 0 Å². The SMILES string of the molecule is CCOc1cc2c(cc1C1CC1C(=O)N1CC[C@@H]3CNC[C@@H]3CC1)OC(C)C2. The summed E-state index contributed by atoms with van der Waals surface area (Å²) >= 11 is 0. The summed E-state index contributed by atoms with van der Waals surface area (Å²) in [6, 6.07) is 4.30. The molecule has 1 aliphatic carbocycles. The lowest BCUT2D eigenvalue weighted by Crippen LogP contribution is -2.34. The third-order valence-electron chi connectivity index (χ3n) is 7.17. The summed E-state index contributed by atoms with van der Waals surface area (Å²) in [4.78, 5) is 15.4. The molecule has 3 aliphatic heterocycles. The summed E-state index contributed by atoms with van der Waals surface area (Å²) in [6.45, 7) is 8.88. The molecule has 5 heteroatoms. The number of ether oxygens (including phenoxy) is 2. The zero-order valence-electron chi connectivity index (χ0n) is 17.1. The third kappa shape index (κ3) is 3.28. The van der Waals surface area contributed by atoms with Crippen molar-refractivity contribution in [2.75, 3.05) is 32.8 Å². The van der Waals surface area contributed by atoms with E-state index in [-0.39, 0.29) is 17.9 Å². The Labute approximate surface area is 167 Å². The van der Waals surface area contributed by atoms with Crippen molar-refractivity contribution in [1.29, 1.82) is 0 Å². The molecule has 2 saturated heterocycles. The van der Waals surface area contributed by atoms with Crippen LogP contribution in [0.25, 0.3) is 0 Å². The fraction of sp³-hybridized carbons (Fsp3) is 0.696. The summed E-state index contributed by atoms with van der Waals surface area (Å²) in [5.74, 6) is 4.21. The molecule has 1 aromatic carbocycles. The highest BCUT2D eigenvalue weighted by molar-refractivity contribution is 5.83. The van der Waals surface area contributed by atoms with Crippen molar-refractivity contribution in [3.8, 4) is 11.5 Å². The summed E-state index contributed by atoms with van der Waals surface area (Å²) in [6.07, 6.45) is 4.40. The molecule has 3 unspecified atom stereocenters. The third-order valence-corrected chi connectivity index (χ3v) is 7.17. The lowest BCUT2D eigenvalue weighted by atomic mass is 9.92. The van der Waals surface area contributed by atoms with Gasteiger partial charge in [0.2, 0.25) is 5.91 Å². The Hall–Kier alpha value is -1.75. The normalized spacial score (nSPS) is 33.6. The van der Waals surface area contributed by atoms with Crippen LogP contribution in [0, 0.1) is 17.8 Å². The first-order chi connectivity index (χ1) is 13.6. The molecule has 3 heterocycles. The quantitative estimate of drug-likeness (QED) is 0.867. The molecule has 3 fully saturated rings. The first kappa shape index (κ1) is 18.3. The molecule has 1 saturated carbocycles. The second-order valence-electron chi connectivity index (χ2n) is 9.09. The minimum absolute atomic E-state index is 0.118. The Morgan fingerprint density at radius 1 is 1.25 bits per heavy atom. The van der Waals surface area contributed by atoms with Crippen LogP contribution in [0.5, 0.6) is 11.5 Å². The Kier molecular flexibility index (Phi) is 4.74. The molecule has 0 radical (unpaired) electrons. The van der Waals surface area contributed by atoms with E-state index in [9.17, 15) is 4.79 Å². The molecule has 1 aromatic rings. The number of benzene rings is 1. The fourth-order valence-electron chi connectivity index (χ4n) is 5.51. The summed E-state index contributed by atoms with van der Waals surface area (Å²) in [5.41, 5.74) is 2.40. The van der Waals surface area contributed by atoms with Crippen LogP contribution in [0.15, 0.2) is 12.1 Å². The second-order valence-corrected chi connectivity index (χ2v) is 9.09. The number of likely N-dealkylation sites (tertiary alicyclic amines) is 1. The summed E-state index contributed by atoms with van der Waals surface area (Å²) in [7, 11) is 0. The molecule has 5 rings (SSSR count). The predicted octanol–water partition coefficient (Wildman–Crippen LogP) is 2.97. The summed E-state index contributed by atoms with van der Waals surface area (Å²) < 4.78 is 11.9. The van der Waals surface area contributed by atoms with E-state index in [4.69, 9.17) is 9.47 Å². The van der Waals surface area contributed by atoms with Gasteiger partial charge in [-0.2, -0.15) is 0 Å². The molecular formula is C23H32N2O3. The van der Waals surface area contributed by atoms with Crippen molar-refractivity contribution in [1.82, 2.24) is 10.2 Å². The predicted molar refractivity (Wildman–Crippen MR) is 108 cm³/mol. The number of hydrogen-bond donors (Lipinski definition) is 1. The topological polar surface area (TPSA) is 50.8 Å². The van der Waals surface area contributed by atoms with Crippen LogP contribution in [0.4, 0.5) is 0 Å². The van der Waals surface area contributed by atoms with E-state index < -0.39 is 0 Å². The molecule has 152 valence electrons. The first-order valence-electron chi connectivity index (χ1n) is 11.1. The van der Waals surface area contributed by atoms with Gasteiger partial charge in [-0.3, -0.25) is 4.79 Å². The van der Waals surface area contributed by atoms with E-state index in [2.05, 4.69) is 29.3 Å². The maximum Gasteiger partial charge on any atom is 0.226 e. The molecular weight excluding hydrogens is 352 g/mol. The molecule has 0 aromatic heterocycles. The van der Waals surface area contributed by atoms with Gasteiger partial charge in [-0.05, 0) is 70.2 Å². The van der Waals surface area contributed by atoms with Gasteiger partial charge in [0, 0.05) is 42.5 Å². The fourth-order valence-corrected chi connectivity index (χ4v) is 5.51. The molecule has 0 spiro atoms. The lowest BCUT2D eigenvalue weighted by Gasteiger charge is -2.21. The zero-order valence-corrected chi connectivity index (χ0v) is 17.1. The molecule has 1 N–H and O–H groups in total. The zero-order chi connectivity index (χ0) is 19.3. The van der Waals surface area contributed by atoms with Gasteiger partial charge in [0.25, 0.3) is 0 Å². The highest BCUT2D eigenvalue weighted by Gasteiger charge is 2.48. The highest BCUT2D eigenvalue weighted by atomic mass is 16.5. The van der Waals surface area contributed by atoms with Gasteiger partial charge < -0.3 is 19.7 Å². The highest BCUT2D eigenvalue weighted by Crippen LogP contribution is 2.53. The maximum atomic E-state index is 13.2. The van der Waals surface area contributed by atoms with Crippen molar-refractivity contribution in [2.45, 2.75) is 51.6 Å². The summed E-state index contributed by atoms with van der Waals surface area (Å²) in [5, 5.41) is 3.51. The van der Waals surface area contributed by atoms with Crippen LogP contribution >= 0.6 is 0 Å². The van der Waals surface area contributed by atoms with Crippen LogP contribution in [0.2, 0.25) is 0 Å². The van der Waals surface area contributed by atoms with E-state index in [0.29, 0.717) is 12.5 Å². The van der Waals surface area contributed by atoms with Gasteiger partial charge in [-0.1, -0.05) is 0 Å². The largest absolute Gasteiger partial charge is 0.494 e. The van der Waals surface area contributed by atoms with Crippen molar-refractivity contribution in [3.63, 3.8) is 0 Å².